The minimum absolute atomic E-state index is 0.0996. The Hall–Kier alpha value is -1.59. The van der Waals surface area contributed by atoms with Gasteiger partial charge in [0, 0.05) is 12.8 Å². The maximum absolute atomic E-state index is 10.8. The molecule has 0 spiro atoms. The van der Waals surface area contributed by atoms with E-state index in [9.17, 15) is 9.59 Å². The molecule has 0 atom stereocenters. The molecule has 1 aliphatic rings. The molecule has 6 nitrogen and oxygen atoms in total. The summed E-state index contributed by atoms with van der Waals surface area (Å²) in [5.74, 6) is -1.25. The zero-order valence-corrected chi connectivity index (χ0v) is 6.11. The zero-order chi connectivity index (χ0) is 8.72. The Morgan fingerprint density at radius 1 is 1.67 bits per heavy atom. The predicted molar refractivity (Wildman–Crippen MR) is 34.8 cm³/mol. The molecule has 0 amide bonds. The van der Waals surface area contributed by atoms with Crippen LogP contribution in [0.2, 0.25) is 0 Å². The van der Waals surface area contributed by atoms with E-state index < -0.39 is 11.6 Å². The van der Waals surface area contributed by atoms with E-state index in [0.29, 0.717) is 0 Å². The van der Waals surface area contributed by atoms with Crippen LogP contribution in [0.4, 0.5) is 0 Å². The molecular formula is C6H7N2O4+. The van der Waals surface area contributed by atoms with Crippen molar-refractivity contribution < 1.29 is 19.1 Å². The highest BCUT2D eigenvalue weighted by atomic mass is 16.5. The molecule has 1 saturated carbocycles. The Morgan fingerprint density at radius 3 is 2.83 bits per heavy atom. The first-order valence-electron chi connectivity index (χ1n) is 3.56. The lowest BCUT2D eigenvalue weighted by atomic mass is 10.4. The van der Waals surface area contributed by atoms with Gasteiger partial charge in [0.15, 0.2) is 6.04 Å². The number of aromatic carboxylic acids is 1. The van der Waals surface area contributed by atoms with Gasteiger partial charge in [-0.2, -0.15) is 0 Å². The summed E-state index contributed by atoms with van der Waals surface area (Å²) >= 11 is 0. The van der Waals surface area contributed by atoms with Crippen LogP contribution in [-0.2, 0) is 0 Å². The highest BCUT2D eigenvalue weighted by molar-refractivity contribution is 5.82. The first-order valence-corrected chi connectivity index (χ1v) is 3.56. The van der Waals surface area contributed by atoms with Crippen LogP contribution in [0.1, 0.15) is 29.4 Å². The number of carbonyl (C=O) groups is 1. The van der Waals surface area contributed by atoms with Crippen molar-refractivity contribution >= 4 is 5.97 Å². The fourth-order valence-corrected chi connectivity index (χ4v) is 1.06. The maximum Gasteiger partial charge on any atom is 0.442 e. The summed E-state index contributed by atoms with van der Waals surface area (Å²) < 4.78 is 5.63. The van der Waals surface area contributed by atoms with Gasteiger partial charge in [-0.05, 0) is 5.27 Å². The van der Waals surface area contributed by atoms with Gasteiger partial charge < -0.3 is 5.11 Å². The quantitative estimate of drug-likeness (QED) is 0.575. The van der Waals surface area contributed by atoms with Crippen LogP contribution in [0.25, 0.3) is 0 Å². The summed E-state index contributed by atoms with van der Waals surface area (Å²) in [5, 5.41) is 10.9. The average molecular weight is 171 g/mol. The Labute approximate surface area is 66.4 Å². The molecule has 0 radical (unpaired) electrons. The molecule has 64 valence electrons. The lowest BCUT2D eigenvalue weighted by molar-refractivity contribution is -0.767. The van der Waals surface area contributed by atoms with Gasteiger partial charge in [0.25, 0.3) is 0 Å². The first kappa shape index (κ1) is 7.08. The van der Waals surface area contributed by atoms with Crippen molar-refractivity contribution in [1.29, 1.82) is 0 Å². The Bertz CT molecular complexity index is 373. The van der Waals surface area contributed by atoms with Crippen LogP contribution < -0.4 is 10.3 Å². The van der Waals surface area contributed by atoms with Gasteiger partial charge in [0.05, 0.1) is 0 Å². The molecule has 0 unspecified atom stereocenters. The summed E-state index contributed by atoms with van der Waals surface area (Å²) in [5.41, 5.74) is -1.15. The molecule has 2 rings (SSSR count). The van der Waals surface area contributed by atoms with E-state index in [1.54, 1.807) is 0 Å². The molecule has 0 bridgehead atoms. The van der Waals surface area contributed by atoms with Crippen molar-refractivity contribution in [2.45, 2.75) is 18.9 Å². The lowest BCUT2D eigenvalue weighted by Gasteiger charge is -1.83. The molecule has 2 N–H and O–H groups in total. The molecule has 0 saturated heterocycles. The highest BCUT2D eigenvalue weighted by Crippen LogP contribution is 2.28. The molecule has 1 aromatic heterocycles. The smallest absolute Gasteiger partial charge is 0.442 e. The van der Waals surface area contributed by atoms with E-state index in [1.165, 1.54) is 4.68 Å². The van der Waals surface area contributed by atoms with Crippen LogP contribution in [0, 0.1) is 0 Å². The van der Waals surface area contributed by atoms with E-state index in [2.05, 4.69) is 9.79 Å². The number of nitrogens with one attached hydrogen (secondary N) is 1. The Morgan fingerprint density at radius 2 is 2.33 bits per heavy atom. The highest BCUT2D eigenvalue weighted by Gasteiger charge is 2.41. The van der Waals surface area contributed by atoms with Gasteiger partial charge in [-0.25, -0.2) is 9.59 Å². The maximum atomic E-state index is 10.8. The number of aromatic nitrogens is 2. The summed E-state index contributed by atoms with van der Waals surface area (Å²) in [6.45, 7) is 0. The van der Waals surface area contributed by atoms with Crippen LogP contribution in [-0.4, -0.2) is 16.3 Å². The Balaban J connectivity index is 2.53. The van der Waals surface area contributed by atoms with Gasteiger partial charge in [-0.1, -0.05) is 4.68 Å². The van der Waals surface area contributed by atoms with Crippen LogP contribution in [0.3, 0.4) is 0 Å². The van der Waals surface area contributed by atoms with Gasteiger partial charge in [-0.3, -0.25) is 4.52 Å². The molecular weight excluding hydrogens is 164 g/mol. The largest absolute Gasteiger partial charge is 0.473 e. The lowest BCUT2D eigenvalue weighted by Crippen LogP contribution is -2.42. The molecule has 1 fully saturated rings. The third kappa shape index (κ3) is 0.919. The summed E-state index contributed by atoms with van der Waals surface area (Å²) in [7, 11) is 0. The van der Waals surface area contributed by atoms with Crippen molar-refractivity contribution in [3.8, 4) is 0 Å². The van der Waals surface area contributed by atoms with Gasteiger partial charge in [0.2, 0.25) is 0 Å². The van der Waals surface area contributed by atoms with Crippen molar-refractivity contribution in [1.82, 2.24) is 5.27 Å². The number of rotatable bonds is 2. The van der Waals surface area contributed by atoms with Crippen molar-refractivity contribution in [3.63, 3.8) is 0 Å². The predicted octanol–water partition coefficient (Wildman–Crippen LogP) is -0.712. The number of H-pyrrole nitrogens is 1. The fraction of sp³-hybridized carbons (Fsp3) is 0.500. The second-order valence-electron chi connectivity index (χ2n) is 2.74. The minimum atomic E-state index is -1.25. The molecule has 12 heavy (non-hydrogen) atoms. The fourth-order valence-electron chi connectivity index (χ4n) is 1.06. The van der Waals surface area contributed by atoms with Crippen LogP contribution in [0.15, 0.2) is 9.32 Å². The molecule has 6 heteroatoms. The van der Waals surface area contributed by atoms with Gasteiger partial charge >= 0.3 is 17.3 Å². The molecule has 1 heterocycles. The summed E-state index contributed by atoms with van der Waals surface area (Å²) in [6, 6.07) is 0.0996. The molecule has 1 aromatic rings. The van der Waals surface area contributed by atoms with Gasteiger partial charge in [0.1, 0.15) is 0 Å². The minimum Gasteiger partial charge on any atom is -0.473 e. The van der Waals surface area contributed by atoms with E-state index in [1.807, 2.05) is 0 Å². The molecule has 0 aliphatic heterocycles. The standard InChI is InChI=1S/C6H6N2O4/c9-5(10)4-6(11)12-7-8(4)3-1-2-3/h3H,1-2H2,(H-,7,9,10,11)/p+1. The third-order valence-electron chi connectivity index (χ3n) is 1.79. The van der Waals surface area contributed by atoms with Gasteiger partial charge in [-0.15, -0.1) is 0 Å². The van der Waals surface area contributed by atoms with Crippen molar-refractivity contribution in [2.75, 3.05) is 0 Å². The zero-order valence-electron chi connectivity index (χ0n) is 6.11. The van der Waals surface area contributed by atoms with E-state index in [-0.39, 0.29) is 11.7 Å². The topological polar surface area (TPSA) is 87.2 Å². The normalized spacial score (nSPS) is 16.3. The SMILES string of the molecule is O=C(O)c1c(=O)o[nH][n+]1C1CC1. The second-order valence-corrected chi connectivity index (χ2v) is 2.74. The van der Waals surface area contributed by atoms with Crippen LogP contribution >= 0.6 is 0 Å². The average Bonchev–Trinajstić information content (AvgIpc) is 2.75. The monoisotopic (exact) mass is 171 g/mol. The Kier molecular flexibility index (Phi) is 1.30. The number of carboxylic acids is 1. The third-order valence-corrected chi connectivity index (χ3v) is 1.79. The van der Waals surface area contributed by atoms with E-state index in [0.717, 1.165) is 12.8 Å². The van der Waals surface area contributed by atoms with Crippen molar-refractivity contribution in [3.05, 3.63) is 16.1 Å². The molecule has 0 aromatic carbocycles. The number of hydrogen-bond donors (Lipinski definition) is 2. The number of carboxylic acid groups (broad SMARTS) is 1. The van der Waals surface area contributed by atoms with E-state index >= 15 is 0 Å². The number of hydrogen-bond acceptors (Lipinski definition) is 3. The number of aromatic amines is 1. The molecule has 1 aliphatic carbocycles. The van der Waals surface area contributed by atoms with E-state index in [4.69, 9.17) is 5.11 Å². The second kappa shape index (κ2) is 2.20. The first-order chi connectivity index (χ1) is 5.70. The number of nitrogens with zero attached hydrogens (tertiary/aromatic N) is 1. The van der Waals surface area contributed by atoms with Crippen molar-refractivity contribution in [2.24, 2.45) is 0 Å². The van der Waals surface area contributed by atoms with Crippen LogP contribution in [0.5, 0.6) is 0 Å². The summed E-state index contributed by atoms with van der Waals surface area (Å²) in [4.78, 5) is 21.3. The summed E-state index contributed by atoms with van der Waals surface area (Å²) in [6.07, 6.45) is 1.78.